The highest BCUT2D eigenvalue weighted by Crippen LogP contribution is 2.38. The van der Waals surface area contributed by atoms with Crippen LogP contribution in [0.25, 0.3) is 0 Å². The molecule has 1 aliphatic rings. The van der Waals surface area contributed by atoms with E-state index in [0.717, 1.165) is 22.4 Å². The Hall–Kier alpha value is -3.85. The number of ether oxygens (including phenoxy) is 1. The number of halogens is 1. The Morgan fingerprint density at radius 1 is 1.09 bits per heavy atom. The number of aromatic nitrogens is 3. The number of carbonyl (C=O) groups is 1. The van der Waals surface area contributed by atoms with Crippen molar-refractivity contribution in [3.8, 4) is 5.75 Å². The first-order valence-electron chi connectivity index (χ1n) is 11.2. The second-order valence-corrected chi connectivity index (χ2v) is 9.45. The minimum atomic E-state index is -0.569. The van der Waals surface area contributed by atoms with E-state index < -0.39 is 11.3 Å². The van der Waals surface area contributed by atoms with Gasteiger partial charge in [-0.1, -0.05) is 59.8 Å². The van der Waals surface area contributed by atoms with Gasteiger partial charge in [0.15, 0.2) is 5.82 Å². The average molecular weight is 490 g/mol. The zero-order valence-electron chi connectivity index (χ0n) is 19.2. The third-order valence-electron chi connectivity index (χ3n) is 5.74. The standard InChI is InChI=1S/C26H24FN5O2S/c1-16-8-13-21(17(2)14-16)28-25(33)24-23(18-9-11-19(27)12-10-18)31-32-22(29-30-26(32)35-24)15-34-20-6-4-3-5-7-20/h3-14,23-24,31H,15H2,1-2H3,(H,28,33). The molecule has 0 spiro atoms. The van der Waals surface area contributed by atoms with Crippen LogP contribution in [0.1, 0.15) is 28.6 Å². The molecule has 0 radical (unpaired) electrons. The van der Waals surface area contributed by atoms with Crippen LogP contribution < -0.4 is 15.5 Å². The van der Waals surface area contributed by atoms with Crippen LogP contribution in [0, 0.1) is 19.7 Å². The van der Waals surface area contributed by atoms with Crippen molar-refractivity contribution in [3.63, 3.8) is 0 Å². The Labute approximate surface area is 206 Å². The molecular weight excluding hydrogens is 465 g/mol. The molecular formula is C26H24FN5O2S. The molecule has 2 N–H and O–H groups in total. The van der Waals surface area contributed by atoms with Gasteiger partial charge in [0, 0.05) is 5.69 Å². The van der Waals surface area contributed by atoms with Crippen molar-refractivity contribution in [1.82, 2.24) is 14.9 Å². The molecule has 0 fully saturated rings. The fraction of sp³-hybridized carbons (Fsp3) is 0.192. The molecule has 3 aromatic carbocycles. The highest BCUT2D eigenvalue weighted by Gasteiger charge is 2.38. The summed E-state index contributed by atoms with van der Waals surface area (Å²) in [7, 11) is 0. The lowest BCUT2D eigenvalue weighted by molar-refractivity contribution is -0.116. The molecule has 0 saturated heterocycles. The summed E-state index contributed by atoms with van der Waals surface area (Å²) in [6.07, 6.45) is 0. The molecule has 9 heteroatoms. The Morgan fingerprint density at radius 3 is 2.60 bits per heavy atom. The molecule has 1 amide bonds. The van der Waals surface area contributed by atoms with E-state index in [1.54, 1.807) is 16.8 Å². The average Bonchev–Trinajstić information content (AvgIpc) is 3.26. The van der Waals surface area contributed by atoms with E-state index in [0.29, 0.717) is 16.7 Å². The number of anilines is 1. The molecule has 0 bridgehead atoms. The molecule has 35 heavy (non-hydrogen) atoms. The van der Waals surface area contributed by atoms with Crippen molar-refractivity contribution >= 4 is 23.4 Å². The topological polar surface area (TPSA) is 81.1 Å². The highest BCUT2D eigenvalue weighted by molar-refractivity contribution is 8.00. The Morgan fingerprint density at radius 2 is 1.86 bits per heavy atom. The Balaban J connectivity index is 1.42. The smallest absolute Gasteiger partial charge is 0.240 e. The third-order valence-corrected chi connectivity index (χ3v) is 6.96. The first-order chi connectivity index (χ1) is 17.0. The summed E-state index contributed by atoms with van der Waals surface area (Å²) in [4.78, 5) is 13.5. The lowest BCUT2D eigenvalue weighted by atomic mass is 10.0. The third kappa shape index (κ3) is 5.00. The van der Waals surface area contributed by atoms with E-state index in [4.69, 9.17) is 4.74 Å². The number of fused-ring (bicyclic) bond motifs is 1. The monoisotopic (exact) mass is 489 g/mol. The highest BCUT2D eigenvalue weighted by atomic mass is 32.2. The van der Waals surface area contributed by atoms with Gasteiger partial charge in [0.1, 0.15) is 23.4 Å². The molecule has 0 aliphatic carbocycles. The van der Waals surface area contributed by atoms with E-state index in [9.17, 15) is 9.18 Å². The molecule has 7 nitrogen and oxygen atoms in total. The SMILES string of the molecule is Cc1ccc(NC(=O)C2Sc3nnc(COc4ccccc4)n3NC2c2ccc(F)cc2)c(C)c1. The fourth-order valence-corrected chi connectivity index (χ4v) is 5.03. The van der Waals surface area contributed by atoms with E-state index in [1.165, 1.54) is 23.9 Å². The molecule has 2 unspecified atom stereocenters. The van der Waals surface area contributed by atoms with Crippen LogP contribution in [0.15, 0.2) is 78.0 Å². The zero-order valence-corrected chi connectivity index (χ0v) is 20.1. The molecule has 2 atom stereocenters. The van der Waals surface area contributed by atoms with Gasteiger partial charge < -0.3 is 15.5 Å². The Bertz CT molecular complexity index is 1340. The van der Waals surface area contributed by atoms with Crippen LogP contribution >= 0.6 is 11.8 Å². The molecule has 2 heterocycles. The van der Waals surface area contributed by atoms with E-state index in [-0.39, 0.29) is 18.3 Å². The second kappa shape index (κ2) is 9.79. The van der Waals surface area contributed by atoms with Gasteiger partial charge in [0.05, 0.1) is 6.04 Å². The van der Waals surface area contributed by atoms with Crippen molar-refractivity contribution in [3.05, 3.63) is 101 Å². The number of rotatable bonds is 6. The minimum absolute atomic E-state index is 0.180. The van der Waals surface area contributed by atoms with Crippen molar-refractivity contribution in [2.75, 3.05) is 10.7 Å². The molecule has 178 valence electrons. The van der Waals surface area contributed by atoms with Gasteiger partial charge in [0.25, 0.3) is 0 Å². The summed E-state index contributed by atoms with van der Waals surface area (Å²) >= 11 is 1.31. The maximum absolute atomic E-state index is 13.6. The number of amides is 1. The lowest BCUT2D eigenvalue weighted by Gasteiger charge is -2.33. The first-order valence-corrected chi connectivity index (χ1v) is 12.0. The van der Waals surface area contributed by atoms with Crippen LogP contribution in [0.2, 0.25) is 0 Å². The van der Waals surface area contributed by atoms with Crippen molar-refractivity contribution in [2.24, 2.45) is 0 Å². The molecule has 5 rings (SSSR count). The van der Waals surface area contributed by atoms with E-state index >= 15 is 0 Å². The summed E-state index contributed by atoms with van der Waals surface area (Å²) in [6.45, 7) is 4.16. The largest absolute Gasteiger partial charge is 0.486 e. The maximum Gasteiger partial charge on any atom is 0.240 e. The molecule has 1 aliphatic heterocycles. The maximum atomic E-state index is 13.6. The van der Waals surface area contributed by atoms with Crippen LogP contribution in [-0.2, 0) is 11.4 Å². The predicted molar refractivity (Wildman–Crippen MR) is 133 cm³/mol. The summed E-state index contributed by atoms with van der Waals surface area (Å²) in [6, 6.07) is 21.0. The van der Waals surface area contributed by atoms with Gasteiger partial charge in [-0.25, -0.2) is 9.07 Å². The van der Waals surface area contributed by atoms with Gasteiger partial charge in [-0.3, -0.25) is 4.79 Å². The Kier molecular flexibility index (Phi) is 6.41. The van der Waals surface area contributed by atoms with E-state index in [2.05, 4.69) is 20.9 Å². The molecule has 0 saturated carbocycles. The summed E-state index contributed by atoms with van der Waals surface area (Å²) < 4.78 is 21.2. The van der Waals surface area contributed by atoms with Crippen LogP contribution in [0.3, 0.4) is 0 Å². The zero-order chi connectivity index (χ0) is 24.4. The van der Waals surface area contributed by atoms with Crippen molar-refractivity contribution in [2.45, 2.75) is 36.9 Å². The van der Waals surface area contributed by atoms with Crippen LogP contribution in [0.5, 0.6) is 5.75 Å². The predicted octanol–water partition coefficient (Wildman–Crippen LogP) is 5.01. The number of hydrogen-bond donors (Lipinski definition) is 2. The van der Waals surface area contributed by atoms with Gasteiger partial charge in [-0.05, 0) is 55.3 Å². The van der Waals surface area contributed by atoms with Crippen LogP contribution in [-0.4, -0.2) is 26.0 Å². The summed E-state index contributed by atoms with van der Waals surface area (Å²) in [5.74, 6) is 0.765. The summed E-state index contributed by atoms with van der Waals surface area (Å²) in [5.41, 5.74) is 6.99. The van der Waals surface area contributed by atoms with Gasteiger partial charge in [-0.15, -0.1) is 10.2 Å². The van der Waals surface area contributed by atoms with Gasteiger partial charge in [0.2, 0.25) is 11.1 Å². The number of para-hydroxylation sites is 1. The first kappa shape index (κ1) is 22.9. The van der Waals surface area contributed by atoms with Crippen molar-refractivity contribution in [1.29, 1.82) is 0 Å². The van der Waals surface area contributed by atoms with Gasteiger partial charge in [-0.2, -0.15) is 0 Å². The normalized spacial score (nSPS) is 16.8. The number of aryl methyl sites for hydroxylation is 2. The second-order valence-electron chi connectivity index (χ2n) is 8.34. The number of nitrogens with zero attached hydrogens (tertiary/aromatic N) is 3. The fourth-order valence-electron chi connectivity index (χ4n) is 3.93. The van der Waals surface area contributed by atoms with Gasteiger partial charge >= 0.3 is 0 Å². The number of hydrogen-bond acceptors (Lipinski definition) is 6. The number of carbonyl (C=O) groups excluding carboxylic acids is 1. The minimum Gasteiger partial charge on any atom is -0.486 e. The number of thioether (sulfide) groups is 1. The number of nitrogens with one attached hydrogen (secondary N) is 2. The lowest BCUT2D eigenvalue weighted by Crippen LogP contribution is -2.41. The van der Waals surface area contributed by atoms with Crippen molar-refractivity contribution < 1.29 is 13.9 Å². The van der Waals surface area contributed by atoms with E-state index in [1.807, 2.05) is 62.4 Å². The number of benzene rings is 3. The molecule has 4 aromatic rings. The molecule has 1 aromatic heterocycles. The quantitative estimate of drug-likeness (QED) is 0.396. The summed E-state index contributed by atoms with van der Waals surface area (Å²) in [5, 5.41) is 11.6. The van der Waals surface area contributed by atoms with Crippen LogP contribution in [0.4, 0.5) is 10.1 Å².